The van der Waals surface area contributed by atoms with E-state index in [0.717, 1.165) is 24.1 Å². The Kier molecular flexibility index (Phi) is 5.30. The molecule has 0 saturated carbocycles. The summed E-state index contributed by atoms with van der Waals surface area (Å²) >= 11 is 5.34. The van der Waals surface area contributed by atoms with Crippen LogP contribution in [0.1, 0.15) is 60.1 Å². The van der Waals surface area contributed by atoms with E-state index < -0.39 is 0 Å². The second-order valence-electron chi connectivity index (χ2n) is 6.84. The van der Waals surface area contributed by atoms with Crippen LogP contribution in [0, 0.1) is 5.41 Å². The summed E-state index contributed by atoms with van der Waals surface area (Å²) in [5.74, 6) is 0.0859. The summed E-state index contributed by atoms with van der Waals surface area (Å²) in [6, 6.07) is 2.10. The van der Waals surface area contributed by atoms with Gasteiger partial charge in [0.2, 0.25) is 0 Å². The Hall–Kier alpha value is -0.350. The molecular formula is C16H24BrNOS. The third kappa shape index (κ3) is 4.59. The second kappa shape index (κ2) is 6.61. The largest absolute Gasteiger partial charge is 0.350 e. The number of fused-ring (bicyclic) bond motifs is 1. The van der Waals surface area contributed by atoms with Crippen molar-refractivity contribution in [3.05, 3.63) is 21.4 Å². The molecule has 0 spiro atoms. The summed E-state index contributed by atoms with van der Waals surface area (Å²) in [4.78, 5) is 14.8. The first-order chi connectivity index (χ1) is 9.35. The van der Waals surface area contributed by atoms with Gasteiger partial charge in [-0.15, -0.1) is 11.3 Å². The third-order valence-electron chi connectivity index (χ3n) is 3.54. The first-order valence-corrected chi connectivity index (χ1v) is 9.12. The molecular weight excluding hydrogens is 334 g/mol. The van der Waals surface area contributed by atoms with Crippen molar-refractivity contribution in [2.75, 3.05) is 6.54 Å². The van der Waals surface area contributed by atoms with Crippen LogP contribution in [-0.4, -0.2) is 17.3 Å². The van der Waals surface area contributed by atoms with Crippen molar-refractivity contribution >= 4 is 33.2 Å². The van der Waals surface area contributed by atoms with Gasteiger partial charge in [-0.3, -0.25) is 4.79 Å². The molecule has 1 aromatic heterocycles. The number of rotatable bonds is 4. The molecule has 1 atom stereocenters. The predicted octanol–water partition coefficient (Wildman–Crippen LogP) is 4.56. The highest BCUT2D eigenvalue weighted by atomic mass is 79.9. The van der Waals surface area contributed by atoms with Crippen LogP contribution in [0.2, 0.25) is 0 Å². The van der Waals surface area contributed by atoms with Gasteiger partial charge in [0.1, 0.15) is 0 Å². The number of alkyl halides is 1. The Bertz CT molecular complexity index is 452. The highest BCUT2D eigenvalue weighted by molar-refractivity contribution is 9.09. The molecule has 0 fully saturated rings. The Morgan fingerprint density at radius 1 is 1.40 bits per heavy atom. The molecule has 0 aliphatic heterocycles. The van der Waals surface area contributed by atoms with Gasteiger partial charge >= 0.3 is 0 Å². The van der Waals surface area contributed by atoms with Crippen LogP contribution < -0.4 is 5.32 Å². The molecule has 1 unspecified atom stereocenters. The van der Waals surface area contributed by atoms with Crippen LogP contribution in [0.3, 0.4) is 0 Å². The molecule has 0 aromatic carbocycles. The maximum absolute atomic E-state index is 12.2. The molecule has 0 bridgehead atoms. The quantitative estimate of drug-likeness (QED) is 0.786. The highest BCUT2D eigenvalue weighted by Crippen LogP contribution is 2.29. The van der Waals surface area contributed by atoms with Crippen LogP contribution in [0.4, 0.5) is 0 Å². The van der Waals surface area contributed by atoms with Crippen LogP contribution in [0.5, 0.6) is 0 Å². The standard InChI is InChI=1S/C16H24BrNOS/c1-16(2,3)9-12(17)10-18-15(19)14-8-11-6-4-5-7-13(11)20-14/h8,12H,4-7,9-10H2,1-3H3,(H,18,19). The van der Waals surface area contributed by atoms with E-state index in [0.29, 0.717) is 11.4 Å². The molecule has 20 heavy (non-hydrogen) atoms. The Morgan fingerprint density at radius 2 is 2.10 bits per heavy atom. The van der Waals surface area contributed by atoms with E-state index in [1.807, 2.05) is 0 Å². The average Bonchev–Trinajstić information content (AvgIpc) is 2.77. The van der Waals surface area contributed by atoms with Gasteiger partial charge in [-0.1, -0.05) is 36.7 Å². The monoisotopic (exact) mass is 357 g/mol. The maximum atomic E-state index is 12.2. The number of carbonyl (C=O) groups is 1. The maximum Gasteiger partial charge on any atom is 0.261 e. The Labute approximate surface area is 134 Å². The lowest BCUT2D eigenvalue weighted by Gasteiger charge is -2.22. The van der Waals surface area contributed by atoms with E-state index in [-0.39, 0.29) is 11.3 Å². The minimum Gasteiger partial charge on any atom is -0.350 e. The fraction of sp³-hybridized carbons (Fsp3) is 0.688. The summed E-state index contributed by atoms with van der Waals surface area (Å²) in [6.45, 7) is 7.35. The topological polar surface area (TPSA) is 29.1 Å². The molecule has 2 nitrogen and oxygen atoms in total. The lowest BCUT2D eigenvalue weighted by molar-refractivity contribution is 0.0956. The fourth-order valence-corrected chi connectivity index (χ4v) is 4.93. The molecule has 1 amide bonds. The Morgan fingerprint density at radius 3 is 2.75 bits per heavy atom. The van der Waals surface area contributed by atoms with Crippen molar-refractivity contribution in [3.63, 3.8) is 0 Å². The lowest BCUT2D eigenvalue weighted by atomic mass is 9.90. The van der Waals surface area contributed by atoms with Gasteiger partial charge in [-0.25, -0.2) is 0 Å². The number of hydrogen-bond acceptors (Lipinski definition) is 2. The molecule has 1 N–H and O–H groups in total. The van der Waals surface area contributed by atoms with E-state index in [2.05, 4.69) is 48.1 Å². The van der Waals surface area contributed by atoms with Gasteiger partial charge in [0, 0.05) is 16.2 Å². The van der Waals surface area contributed by atoms with E-state index in [4.69, 9.17) is 0 Å². The number of carbonyl (C=O) groups excluding carboxylic acids is 1. The first kappa shape index (κ1) is 16.0. The van der Waals surface area contributed by atoms with Crippen LogP contribution in [0.15, 0.2) is 6.07 Å². The zero-order chi connectivity index (χ0) is 14.8. The van der Waals surface area contributed by atoms with Gasteiger partial charge in [0.05, 0.1) is 4.88 Å². The van der Waals surface area contributed by atoms with Crippen LogP contribution in [0.25, 0.3) is 0 Å². The van der Waals surface area contributed by atoms with Gasteiger partial charge < -0.3 is 5.32 Å². The zero-order valence-corrected chi connectivity index (χ0v) is 15.0. The smallest absolute Gasteiger partial charge is 0.261 e. The van der Waals surface area contributed by atoms with Crippen molar-refractivity contribution in [2.45, 2.75) is 57.7 Å². The van der Waals surface area contributed by atoms with Crippen molar-refractivity contribution in [1.29, 1.82) is 0 Å². The van der Waals surface area contributed by atoms with E-state index >= 15 is 0 Å². The molecule has 2 rings (SSSR count). The number of aryl methyl sites for hydroxylation is 2. The molecule has 1 heterocycles. The fourth-order valence-electron chi connectivity index (χ4n) is 2.63. The number of amides is 1. The summed E-state index contributed by atoms with van der Waals surface area (Å²) < 4.78 is 0. The van der Waals surface area contributed by atoms with Gasteiger partial charge in [-0.2, -0.15) is 0 Å². The second-order valence-corrected chi connectivity index (χ2v) is 9.27. The van der Waals surface area contributed by atoms with Crippen LogP contribution >= 0.6 is 27.3 Å². The number of nitrogens with one attached hydrogen (secondary N) is 1. The summed E-state index contributed by atoms with van der Waals surface area (Å²) in [7, 11) is 0. The van der Waals surface area contributed by atoms with E-state index in [1.54, 1.807) is 11.3 Å². The number of hydrogen-bond donors (Lipinski definition) is 1. The van der Waals surface area contributed by atoms with Crippen molar-refractivity contribution in [3.8, 4) is 0 Å². The summed E-state index contributed by atoms with van der Waals surface area (Å²) in [5.41, 5.74) is 1.68. The molecule has 1 aliphatic rings. The van der Waals surface area contributed by atoms with E-state index in [9.17, 15) is 4.79 Å². The van der Waals surface area contributed by atoms with Gasteiger partial charge in [0.25, 0.3) is 5.91 Å². The van der Waals surface area contributed by atoms with Gasteiger partial charge in [-0.05, 0) is 49.1 Å². The van der Waals surface area contributed by atoms with Crippen molar-refractivity contribution in [2.24, 2.45) is 5.41 Å². The molecule has 0 radical (unpaired) electrons. The first-order valence-electron chi connectivity index (χ1n) is 7.39. The van der Waals surface area contributed by atoms with Crippen molar-refractivity contribution < 1.29 is 4.79 Å². The summed E-state index contributed by atoms with van der Waals surface area (Å²) in [5, 5.41) is 3.06. The molecule has 0 saturated heterocycles. The molecule has 4 heteroatoms. The normalized spacial score (nSPS) is 16.6. The third-order valence-corrected chi connectivity index (χ3v) is 5.42. The zero-order valence-electron chi connectivity index (χ0n) is 12.6. The Balaban J connectivity index is 1.87. The van der Waals surface area contributed by atoms with Crippen molar-refractivity contribution in [1.82, 2.24) is 5.32 Å². The minimum atomic E-state index is 0.0859. The lowest BCUT2D eigenvalue weighted by Crippen LogP contribution is -2.30. The molecule has 1 aromatic rings. The van der Waals surface area contributed by atoms with E-state index in [1.165, 1.54) is 23.3 Å². The van der Waals surface area contributed by atoms with Crippen LogP contribution in [-0.2, 0) is 12.8 Å². The average molecular weight is 358 g/mol. The SMILES string of the molecule is CC(C)(C)CC(Br)CNC(=O)c1cc2c(s1)CCCC2. The predicted molar refractivity (Wildman–Crippen MR) is 90.1 cm³/mol. The minimum absolute atomic E-state index is 0.0859. The number of halogens is 1. The summed E-state index contributed by atoms with van der Waals surface area (Å²) in [6.07, 6.45) is 5.88. The molecule has 1 aliphatic carbocycles. The number of thiophene rings is 1. The highest BCUT2D eigenvalue weighted by Gasteiger charge is 2.19. The molecule has 112 valence electrons. The van der Waals surface area contributed by atoms with Gasteiger partial charge in [0.15, 0.2) is 0 Å².